The molecular weight excluding hydrogens is 308 g/mol. The molecule has 2 aromatic rings. The second-order valence-corrected chi connectivity index (χ2v) is 5.19. The molecule has 0 fully saturated rings. The molecule has 0 saturated carbocycles. The van der Waals surface area contributed by atoms with E-state index < -0.39 is 12.1 Å². The van der Waals surface area contributed by atoms with Crippen molar-refractivity contribution in [3.63, 3.8) is 0 Å². The van der Waals surface area contributed by atoms with Gasteiger partial charge in [0.2, 0.25) is 0 Å². The second kappa shape index (κ2) is 7.92. The van der Waals surface area contributed by atoms with Crippen molar-refractivity contribution in [3.05, 3.63) is 65.2 Å². The summed E-state index contributed by atoms with van der Waals surface area (Å²) in [6.45, 7) is 3.54. The predicted octanol–water partition coefficient (Wildman–Crippen LogP) is 2.61. The maximum absolute atomic E-state index is 12.0. The van der Waals surface area contributed by atoms with Crippen molar-refractivity contribution in [1.29, 1.82) is 0 Å². The molecule has 2 rings (SSSR count). The van der Waals surface area contributed by atoms with Crippen LogP contribution in [0.1, 0.15) is 28.4 Å². The lowest BCUT2D eigenvalue weighted by molar-refractivity contribution is -0.127. The average molecular weight is 326 g/mol. The lowest BCUT2D eigenvalue weighted by atomic mass is 10.1. The highest BCUT2D eigenvalue weighted by Gasteiger charge is 2.14. The third kappa shape index (κ3) is 4.67. The van der Waals surface area contributed by atoms with Gasteiger partial charge in [-0.15, -0.1) is 0 Å². The van der Waals surface area contributed by atoms with E-state index in [0.717, 1.165) is 5.56 Å². The van der Waals surface area contributed by atoms with Gasteiger partial charge in [0, 0.05) is 0 Å². The Morgan fingerprint density at radius 2 is 1.83 bits per heavy atom. The van der Waals surface area contributed by atoms with E-state index in [0.29, 0.717) is 11.3 Å². The smallest absolute Gasteiger partial charge is 0.335 e. The molecule has 0 spiro atoms. The van der Waals surface area contributed by atoms with Gasteiger partial charge in [-0.1, -0.05) is 30.3 Å². The fourth-order valence-electron chi connectivity index (χ4n) is 1.91. The highest BCUT2D eigenvalue weighted by atomic mass is 16.5. The molecule has 6 heteroatoms. The molecule has 1 atom stereocenters. The largest absolute Gasteiger partial charge is 0.481 e. The summed E-state index contributed by atoms with van der Waals surface area (Å²) in [5, 5.41) is 12.7. The summed E-state index contributed by atoms with van der Waals surface area (Å²) in [5.74, 6) is -0.723. The van der Waals surface area contributed by atoms with Gasteiger partial charge in [-0.05, 0) is 43.2 Å². The van der Waals surface area contributed by atoms with Crippen LogP contribution in [0.3, 0.4) is 0 Å². The first-order chi connectivity index (χ1) is 11.5. The van der Waals surface area contributed by atoms with E-state index in [1.165, 1.54) is 18.3 Å². The molecule has 0 aliphatic heterocycles. The fraction of sp³-hybridized carbons (Fsp3) is 0.167. The zero-order valence-electron chi connectivity index (χ0n) is 13.4. The molecule has 0 heterocycles. The van der Waals surface area contributed by atoms with Gasteiger partial charge in [-0.3, -0.25) is 4.79 Å². The molecular formula is C18H18N2O4. The van der Waals surface area contributed by atoms with E-state index in [1.54, 1.807) is 25.1 Å². The summed E-state index contributed by atoms with van der Waals surface area (Å²) in [6, 6.07) is 13.6. The number of ether oxygens (including phenoxy) is 1. The predicted molar refractivity (Wildman–Crippen MR) is 90.4 cm³/mol. The SMILES string of the molecule is Cc1ccccc1O[C@@H](C)C(=O)N/N=C/c1ccc(C(=O)O)cc1. The van der Waals surface area contributed by atoms with Crippen LogP contribution >= 0.6 is 0 Å². The van der Waals surface area contributed by atoms with Crippen LogP contribution in [0.4, 0.5) is 0 Å². The number of nitrogens with zero attached hydrogens (tertiary/aromatic N) is 1. The molecule has 0 unspecified atom stereocenters. The minimum Gasteiger partial charge on any atom is -0.481 e. The molecule has 0 saturated heterocycles. The highest BCUT2D eigenvalue weighted by Crippen LogP contribution is 2.17. The van der Waals surface area contributed by atoms with Crippen molar-refractivity contribution in [2.45, 2.75) is 20.0 Å². The van der Waals surface area contributed by atoms with Gasteiger partial charge in [0.25, 0.3) is 5.91 Å². The van der Waals surface area contributed by atoms with Gasteiger partial charge in [-0.25, -0.2) is 10.2 Å². The van der Waals surface area contributed by atoms with Gasteiger partial charge in [0.1, 0.15) is 5.75 Å². The Balaban J connectivity index is 1.89. The van der Waals surface area contributed by atoms with E-state index in [2.05, 4.69) is 10.5 Å². The Morgan fingerprint density at radius 3 is 2.46 bits per heavy atom. The van der Waals surface area contributed by atoms with E-state index in [-0.39, 0.29) is 11.5 Å². The fourth-order valence-corrected chi connectivity index (χ4v) is 1.91. The molecule has 0 aliphatic carbocycles. The number of hydrogen-bond donors (Lipinski definition) is 2. The van der Waals surface area contributed by atoms with Gasteiger partial charge >= 0.3 is 5.97 Å². The summed E-state index contributed by atoms with van der Waals surface area (Å²) >= 11 is 0. The molecule has 124 valence electrons. The number of amides is 1. The lowest BCUT2D eigenvalue weighted by Crippen LogP contribution is -2.33. The van der Waals surface area contributed by atoms with Crippen molar-refractivity contribution >= 4 is 18.1 Å². The van der Waals surface area contributed by atoms with Crippen molar-refractivity contribution in [2.75, 3.05) is 0 Å². The molecule has 2 aromatic carbocycles. The van der Waals surface area contributed by atoms with Crippen LogP contribution in [0.5, 0.6) is 5.75 Å². The zero-order chi connectivity index (χ0) is 17.5. The quantitative estimate of drug-likeness (QED) is 0.631. The number of carboxylic acid groups (broad SMARTS) is 1. The number of hydrazone groups is 1. The number of benzene rings is 2. The van der Waals surface area contributed by atoms with Gasteiger partial charge in [0.15, 0.2) is 6.10 Å². The number of aryl methyl sites for hydroxylation is 1. The van der Waals surface area contributed by atoms with E-state index in [9.17, 15) is 9.59 Å². The Hall–Kier alpha value is -3.15. The summed E-state index contributed by atoms with van der Waals surface area (Å²) < 4.78 is 5.60. The Morgan fingerprint density at radius 1 is 1.17 bits per heavy atom. The number of rotatable bonds is 6. The van der Waals surface area contributed by atoms with Crippen LogP contribution in [0.2, 0.25) is 0 Å². The molecule has 1 amide bonds. The number of aromatic carboxylic acids is 1. The van der Waals surface area contributed by atoms with Crippen LogP contribution < -0.4 is 10.2 Å². The number of para-hydroxylation sites is 1. The average Bonchev–Trinajstić information content (AvgIpc) is 2.57. The first kappa shape index (κ1) is 17.2. The number of hydrogen-bond acceptors (Lipinski definition) is 4. The first-order valence-electron chi connectivity index (χ1n) is 7.36. The van der Waals surface area contributed by atoms with E-state index >= 15 is 0 Å². The third-order valence-electron chi connectivity index (χ3n) is 3.31. The van der Waals surface area contributed by atoms with Gasteiger partial charge in [0.05, 0.1) is 11.8 Å². The highest BCUT2D eigenvalue weighted by molar-refractivity contribution is 5.89. The van der Waals surface area contributed by atoms with E-state index in [1.807, 2.05) is 25.1 Å². The number of nitrogens with one attached hydrogen (secondary N) is 1. The molecule has 2 N–H and O–H groups in total. The monoisotopic (exact) mass is 326 g/mol. The Kier molecular flexibility index (Phi) is 5.68. The van der Waals surface area contributed by atoms with Gasteiger partial charge in [-0.2, -0.15) is 5.10 Å². The Bertz CT molecular complexity index is 754. The van der Waals surface area contributed by atoms with Crippen LogP contribution in [0.15, 0.2) is 53.6 Å². The van der Waals surface area contributed by atoms with Crippen LogP contribution in [0, 0.1) is 6.92 Å². The summed E-state index contributed by atoms with van der Waals surface area (Å²) in [6.07, 6.45) is 0.738. The topological polar surface area (TPSA) is 88.0 Å². The maximum atomic E-state index is 12.0. The standard InChI is InChI=1S/C18H18N2O4/c1-12-5-3-4-6-16(12)24-13(2)17(21)20-19-11-14-7-9-15(10-8-14)18(22)23/h3-11,13H,1-2H3,(H,20,21)(H,22,23)/b19-11+/t13-/m0/s1. The minimum atomic E-state index is -0.992. The molecule has 0 aromatic heterocycles. The minimum absolute atomic E-state index is 0.191. The Labute approximate surface area is 139 Å². The number of carbonyl (C=O) groups is 2. The summed E-state index contributed by atoms with van der Waals surface area (Å²) in [4.78, 5) is 22.7. The molecule has 0 radical (unpaired) electrons. The zero-order valence-corrected chi connectivity index (χ0v) is 13.4. The number of carbonyl (C=O) groups excluding carboxylic acids is 1. The summed E-state index contributed by atoms with van der Waals surface area (Å²) in [5.41, 5.74) is 4.21. The maximum Gasteiger partial charge on any atom is 0.335 e. The summed E-state index contributed by atoms with van der Waals surface area (Å²) in [7, 11) is 0. The van der Waals surface area contributed by atoms with E-state index in [4.69, 9.17) is 9.84 Å². The van der Waals surface area contributed by atoms with Crippen molar-refractivity contribution in [1.82, 2.24) is 5.43 Å². The van der Waals surface area contributed by atoms with Crippen molar-refractivity contribution in [3.8, 4) is 5.75 Å². The van der Waals surface area contributed by atoms with Crippen LogP contribution in [-0.4, -0.2) is 29.3 Å². The lowest BCUT2D eigenvalue weighted by Gasteiger charge is -2.14. The first-order valence-corrected chi connectivity index (χ1v) is 7.36. The van der Waals surface area contributed by atoms with Crippen LogP contribution in [0.25, 0.3) is 0 Å². The third-order valence-corrected chi connectivity index (χ3v) is 3.31. The van der Waals surface area contributed by atoms with Gasteiger partial charge < -0.3 is 9.84 Å². The molecule has 0 aliphatic rings. The van der Waals surface area contributed by atoms with Crippen molar-refractivity contribution < 1.29 is 19.4 Å². The molecule has 6 nitrogen and oxygen atoms in total. The normalized spacial score (nSPS) is 11.9. The van der Waals surface area contributed by atoms with Crippen LogP contribution in [-0.2, 0) is 4.79 Å². The second-order valence-electron chi connectivity index (χ2n) is 5.19. The van der Waals surface area contributed by atoms with Crippen molar-refractivity contribution in [2.24, 2.45) is 5.10 Å². The number of carboxylic acids is 1. The molecule has 24 heavy (non-hydrogen) atoms. The molecule has 0 bridgehead atoms.